The topological polar surface area (TPSA) is 49.3 Å². The Morgan fingerprint density at radius 1 is 1.29 bits per heavy atom. The minimum atomic E-state index is -0.384. The molecule has 3 nitrogen and oxygen atoms in total. The molecule has 3 heteroatoms. The van der Waals surface area contributed by atoms with E-state index < -0.39 is 0 Å². The smallest absolute Gasteiger partial charge is 0.150 e. The lowest BCUT2D eigenvalue weighted by atomic mass is 10.0. The lowest BCUT2D eigenvalue weighted by Crippen LogP contribution is -2.23. The first kappa shape index (κ1) is 9.37. The number of carbonyl (C=O) groups is 1. The molecule has 0 spiro atoms. The molecule has 74 valence electrons. The lowest BCUT2D eigenvalue weighted by Gasteiger charge is -2.11. The van der Waals surface area contributed by atoms with Gasteiger partial charge in [-0.05, 0) is 18.4 Å². The van der Waals surface area contributed by atoms with Crippen LogP contribution in [0.1, 0.15) is 34.8 Å². The van der Waals surface area contributed by atoms with Crippen LogP contribution >= 0.6 is 0 Å². The third kappa shape index (κ3) is 1.84. The molecular weight excluding hydrogens is 178 g/mol. The first-order valence-electron chi connectivity index (χ1n) is 4.79. The molecule has 2 atom stereocenters. The molecule has 0 aromatic heterocycles. The lowest BCUT2D eigenvalue weighted by molar-refractivity contribution is 0.112. The van der Waals surface area contributed by atoms with E-state index >= 15 is 0 Å². The second-order valence-corrected chi connectivity index (χ2v) is 3.60. The maximum Gasteiger partial charge on any atom is 0.150 e. The fraction of sp³-hybridized carbons (Fsp3) is 0.364. The van der Waals surface area contributed by atoms with E-state index in [0.29, 0.717) is 5.56 Å². The Bertz CT molecular complexity index is 321. The van der Waals surface area contributed by atoms with Crippen LogP contribution in [0.4, 0.5) is 0 Å². The highest BCUT2D eigenvalue weighted by atomic mass is 16.3. The molecule has 1 heterocycles. The molecule has 0 saturated carbocycles. The normalized spacial score (nSPS) is 26.4. The molecular formula is C11H13NO2. The highest BCUT2D eigenvalue weighted by molar-refractivity contribution is 5.74. The van der Waals surface area contributed by atoms with Crippen LogP contribution in [0.2, 0.25) is 0 Å². The largest absolute Gasteiger partial charge is 0.379 e. The van der Waals surface area contributed by atoms with Crippen molar-refractivity contribution in [2.75, 3.05) is 0 Å². The van der Waals surface area contributed by atoms with E-state index in [2.05, 4.69) is 5.32 Å². The second kappa shape index (κ2) is 3.90. The quantitative estimate of drug-likeness (QED) is 0.691. The average Bonchev–Trinajstić information content (AvgIpc) is 2.65. The number of aliphatic hydroxyl groups excluding tert-OH is 1. The van der Waals surface area contributed by atoms with E-state index in [9.17, 15) is 9.90 Å². The minimum absolute atomic E-state index is 0.228. The first-order valence-corrected chi connectivity index (χ1v) is 4.79. The van der Waals surface area contributed by atoms with E-state index in [1.165, 1.54) is 0 Å². The summed E-state index contributed by atoms with van der Waals surface area (Å²) in [4.78, 5) is 10.4. The van der Waals surface area contributed by atoms with Gasteiger partial charge in [0, 0.05) is 11.6 Å². The molecule has 1 aliphatic rings. The van der Waals surface area contributed by atoms with E-state index in [1.54, 1.807) is 12.1 Å². The predicted molar refractivity (Wildman–Crippen MR) is 52.9 cm³/mol. The van der Waals surface area contributed by atoms with Gasteiger partial charge in [0.2, 0.25) is 0 Å². The number of nitrogens with one attached hydrogen (secondary N) is 1. The van der Waals surface area contributed by atoms with Gasteiger partial charge in [-0.15, -0.1) is 0 Å². The van der Waals surface area contributed by atoms with Crippen molar-refractivity contribution >= 4 is 6.29 Å². The van der Waals surface area contributed by atoms with Crippen LogP contribution in [0.25, 0.3) is 0 Å². The molecule has 1 aromatic rings. The Hall–Kier alpha value is -1.19. The summed E-state index contributed by atoms with van der Waals surface area (Å²) in [7, 11) is 0. The summed E-state index contributed by atoms with van der Waals surface area (Å²) in [6.07, 6.45) is 2.19. The van der Waals surface area contributed by atoms with Crippen molar-refractivity contribution in [1.29, 1.82) is 0 Å². The van der Waals surface area contributed by atoms with Gasteiger partial charge in [-0.2, -0.15) is 0 Å². The Labute approximate surface area is 82.8 Å². The van der Waals surface area contributed by atoms with Crippen LogP contribution in [0.5, 0.6) is 0 Å². The summed E-state index contributed by atoms with van der Waals surface area (Å²) in [5, 5.41) is 12.4. The Balaban J connectivity index is 2.13. The van der Waals surface area contributed by atoms with Gasteiger partial charge >= 0.3 is 0 Å². The van der Waals surface area contributed by atoms with Crippen molar-refractivity contribution in [2.24, 2.45) is 0 Å². The number of rotatable bonds is 2. The Morgan fingerprint density at radius 3 is 2.50 bits per heavy atom. The molecule has 1 aromatic carbocycles. The van der Waals surface area contributed by atoms with Crippen molar-refractivity contribution < 1.29 is 9.90 Å². The maximum atomic E-state index is 10.4. The number of aldehydes is 1. The molecule has 2 N–H and O–H groups in total. The number of hydrogen-bond acceptors (Lipinski definition) is 3. The molecule has 0 bridgehead atoms. The third-order valence-electron chi connectivity index (χ3n) is 2.60. The van der Waals surface area contributed by atoms with Gasteiger partial charge in [0.15, 0.2) is 0 Å². The van der Waals surface area contributed by atoms with Crippen molar-refractivity contribution in [1.82, 2.24) is 5.32 Å². The van der Waals surface area contributed by atoms with E-state index in [1.807, 2.05) is 12.1 Å². The maximum absolute atomic E-state index is 10.4. The summed E-state index contributed by atoms with van der Waals surface area (Å²) < 4.78 is 0. The number of benzene rings is 1. The Kier molecular flexibility index (Phi) is 2.61. The summed E-state index contributed by atoms with van der Waals surface area (Å²) in [6, 6.07) is 7.69. The van der Waals surface area contributed by atoms with Gasteiger partial charge in [-0.1, -0.05) is 24.3 Å². The summed E-state index contributed by atoms with van der Waals surface area (Å²) in [5.74, 6) is 0. The first-order chi connectivity index (χ1) is 6.79. The molecule has 2 unspecified atom stereocenters. The molecule has 0 amide bonds. The van der Waals surface area contributed by atoms with Crippen LogP contribution < -0.4 is 5.32 Å². The van der Waals surface area contributed by atoms with Gasteiger partial charge in [0.05, 0.1) is 0 Å². The summed E-state index contributed by atoms with van der Waals surface area (Å²) >= 11 is 0. The second-order valence-electron chi connectivity index (χ2n) is 3.60. The number of carbonyl (C=O) groups excluding carboxylic acids is 1. The van der Waals surface area contributed by atoms with Crippen LogP contribution in [0, 0.1) is 0 Å². The van der Waals surface area contributed by atoms with Crippen molar-refractivity contribution in [3.05, 3.63) is 35.4 Å². The fourth-order valence-corrected chi connectivity index (χ4v) is 1.79. The van der Waals surface area contributed by atoms with E-state index in [0.717, 1.165) is 24.7 Å². The zero-order chi connectivity index (χ0) is 9.97. The minimum Gasteiger partial charge on any atom is -0.379 e. The van der Waals surface area contributed by atoms with Gasteiger partial charge < -0.3 is 5.11 Å². The van der Waals surface area contributed by atoms with Crippen LogP contribution in [-0.4, -0.2) is 17.6 Å². The molecule has 1 fully saturated rings. The molecule has 0 radical (unpaired) electrons. The summed E-state index contributed by atoms with van der Waals surface area (Å²) in [6.45, 7) is 0. The zero-order valence-corrected chi connectivity index (χ0v) is 7.81. The highest BCUT2D eigenvalue weighted by Gasteiger charge is 2.22. The van der Waals surface area contributed by atoms with E-state index in [-0.39, 0.29) is 12.3 Å². The SMILES string of the molecule is O=Cc1ccc(C2CCC(O)N2)cc1. The number of aliphatic hydroxyl groups is 1. The fourth-order valence-electron chi connectivity index (χ4n) is 1.79. The van der Waals surface area contributed by atoms with Crippen LogP contribution in [0.3, 0.4) is 0 Å². The predicted octanol–water partition coefficient (Wildman–Crippen LogP) is 1.24. The number of hydrogen-bond donors (Lipinski definition) is 2. The van der Waals surface area contributed by atoms with Crippen LogP contribution in [0.15, 0.2) is 24.3 Å². The Morgan fingerprint density at radius 2 is 2.00 bits per heavy atom. The van der Waals surface area contributed by atoms with Crippen molar-refractivity contribution in [3.8, 4) is 0 Å². The zero-order valence-electron chi connectivity index (χ0n) is 7.81. The van der Waals surface area contributed by atoms with Gasteiger partial charge in [0.1, 0.15) is 12.5 Å². The summed E-state index contributed by atoms with van der Waals surface area (Å²) in [5.41, 5.74) is 1.82. The molecule has 0 aliphatic carbocycles. The highest BCUT2D eigenvalue weighted by Crippen LogP contribution is 2.25. The molecule has 14 heavy (non-hydrogen) atoms. The van der Waals surface area contributed by atoms with E-state index in [4.69, 9.17) is 0 Å². The molecule has 2 rings (SSSR count). The third-order valence-corrected chi connectivity index (χ3v) is 2.60. The monoisotopic (exact) mass is 191 g/mol. The molecule has 1 aliphatic heterocycles. The molecule has 1 saturated heterocycles. The average molecular weight is 191 g/mol. The van der Waals surface area contributed by atoms with Gasteiger partial charge in [-0.3, -0.25) is 10.1 Å². The van der Waals surface area contributed by atoms with Crippen molar-refractivity contribution in [2.45, 2.75) is 25.1 Å². The van der Waals surface area contributed by atoms with Crippen LogP contribution in [-0.2, 0) is 0 Å². The van der Waals surface area contributed by atoms with Gasteiger partial charge in [0.25, 0.3) is 0 Å². The van der Waals surface area contributed by atoms with Crippen molar-refractivity contribution in [3.63, 3.8) is 0 Å². The van der Waals surface area contributed by atoms with Gasteiger partial charge in [-0.25, -0.2) is 0 Å². The standard InChI is InChI=1S/C11H13NO2/c13-7-8-1-3-9(4-2-8)10-5-6-11(14)12-10/h1-4,7,10-12,14H,5-6H2.